The van der Waals surface area contributed by atoms with E-state index in [2.05, 4.69) is 119 Å². The van der Waals surface area contributed by atoms with E-state index in [1.165, 1.54) is 33.6 Å². The van der Waals surface area contributed by atoms with Gasteiger partial charge in [0.05, 0.1) is 11.3 Å². The Morgan fingerprint density at radius 3 is 1.34 bits per heavy atom. The molecule has 56 heavy (non-hydrogen) atoms. The van der Waals surface area contributed by atoms with E-state index < -0.39 is 5.97 Å². The number of nitrogens with zero attached hydrogens (tertiary/aromatic N) is 2. The highest BCUT2D eigenvalue weighted by Crippen LogP contribution is 2.26. The lowest BCUT2D eigenvalue weighted by atomic mass is 10.0. The maximum absolute atomic E-state index is 11.7. The van der Waals surface area contributed by atoms with Crippen molar-refractivity contribution in [1.29, 1.82) is 0 Å². The lowest BCUT2D eigenvalue weighted by Gasteiger charge is -2.13. The van der Waals surface area contributed by atoms with Crippen LogP contribution in [0.5, 0.6) is 0 Å². The number of nitrogens with one attached hydrogen (secondary N) is 2. The van der Waals surface area contributed by atoms with Crippen LogP contribution in [0.4, 0.5) is 22.7 Å². The van der Waals surface area contributed by atoms with Gasteiger partial charge in [0.2, 0.25) is 0 Å². The third kappa shape index (κ3) is 10.1. The molecule has 278 valence electrons. The third-order valence-corrected chi connectivity index (χ3v) is 9.80. The summed E-state index contributed by atoms with van der Waals surface area (Å²) in [6.07, 6.45) is 12.0. The van der Waals surface area contributed by atoms with E-state index in [1.54, 1.807) is 6.07 Å². The van der Waals surface area contributed by atoms with Crippen LogP contribution in [-0.2, 0) is 25.7 Å². The first-order valence-electron chi connectivity index (χ1n) is 19.0. The molecule has 0 saturated heterocycles. The highest BCUT2D eigenvalue weighted by molar-refractivity contribution is 5.95. The second-order valence-electron chi connectivity index (χ2n) is 13.8. The van der Waals surface area contributed by atoms with Crippen molar-refractivity contribution in [2.45, 2.75) is 32.6 Å². The van der Waals surface area contributed by atoms with Crippen molar-refractivity contribution >= 4 is 28.7 Å². The number of benzene rings is 6. The van der Waals surface area contributed by atoms with Crippen LogP contribution in [0.3, 0.4) is 0 Å². The van der Waals surface area contributed by atoms with Crippen LogP contribution >= 0.6 is 0 Å². The number of aromatic nitrogens is 2. The van der Waals surface area contributed by atoms with Gasteiger partial charge in [-0.2, -0.15) is 0 Å². The Bertz CT molecular complexity index is 2420. The van der Waals surface area contributed by atoms with Crippen LogP contribution in [0.15, 0.2) is 195 Å². The van der Waals surface area contributed by atoms with Crippen LogP contribution in [0.1, 0.15) is 38.2 Å². The zero-order chi connectivity index (χ0) is 38.5. The summed E-state index contributed by atoms with van der Waals surface area (Å²) >= 11 is 0. The van der Waals surface area contributed by atoms with Crippen molar-refractivity contribution in [1.82, 2.24) is 9.13 Å². The molecule has 8 rings (SSSR count). The molecule has 0 unspecified atom stereocenters. The Hall–Kier alpha value is -7.05. The monoisotopic (exact) mass is 734 g/mol. The summed E-state index contributed by atoms with van der Waals surface area (Å²) < 4.78 is 4.13. The van der Waals surface area contributed by atoms with Crippen molar-refractivity contribution in [2.24, 2.45) is 0 Å². The normalized spacial score (nSPS) is 10.7. The second-order valence-corrected chi connectivity index (χ2v) is 13.8. The van der Waals surface area contributed by atoms with Crippen molar-refractivity contribution < 1.29 is 9.90 Å². The highest BCUT2D eigenvalue weighted by Gasteiger charge is 2.12. The first kappa shape index (κ1) is 37.3. The molecule has 0 atom stereocenters. The smallest absolute Gasteiger partial charge is 0.337 e. The van der Waals surface area contributed by atoms with Crippen LogP contribution < -0.4 is 10.6 Å². The Labute approximate surface area is 329 Å². The zero-order valence-electron chi connectivity index (χ0n) is 31.6. The fourth-order valence-corrected chi connectivity index (χ4v) is 6.62. The minimum atomic E-state index is -0.939. The van der Waals surface area contributed by atoms with Gasteiger partial charge in [0.15, 0.2) is 0 Å². The predicted octanol–water partition coefficient (Wildman–Crippen LogP) is 12.0. The Kier molecular flexibility index (Phi) is 12.2. The molecule has 0 aliphatic carbocycles. The molecule has 0 aliphatic rings. The van der Waals surface area contributed by atoms with E-state index in [0.717, 1.165) is 48.3 Å². The minimum absolute atomic E-state index is 0.267. The lowest BCUT2D eigenvalue weighted by molar-refractivity contribution is 0.0698. The second kappa shape index (κ2) is 18.3. The summed E-state index contributed by atoms with van der Waals surface area (Å²) in [5.74, 6) is -0.939. The first-order valence-corrected chi connectivity index (χ1v) is 19.0. The molecule has 6 aromatic carbocycles. The fourth-order valence-electron chi connectivity index (χ4n) is 6.62. The van der Waals surface area contributed by atoms with E-state index in [0.29, 0.717) is 5.69 Å². The molecular formula is C50H46N4O2. The molecule has 2 heterocycles. The quantitative estimate of drug-likeness (QED) is 0.110. The third-order valence-electron chi connectivity index (χ3n) is 9.80. The van der Waals surface area contributed by atoms with E-state index in [9.17, 15) is 9.90 Å². The minimum Gasteiger partial charge on any atom is -0.478 e. The molecule has 2 aromatic heterocycles. The summed E-state index contributed by atoms with van der Waals surface area (Å²) in [6, 6.07) is 57.7. The summed E-state index contributed by atoms with van der Waals surface area (Å²) in [5, 5.41) is 16.4. The van der Waals surface area contributed by atoms with Crippen molar-refractivity contribution in [2.75, 3.05) is 10.6 Å². The largest absolute Gasteiger partial charge is 0.478 e. The molecule has 0 saturated carbocycles. The van der Waals surface area contributed by atoms with Crippen LogP contribution in [0.25, 0.3) is 11.4 Å². The molecule has 0 aliphatic heterocycles. The van der Waals surface area contributed by atoms with Gasteiger partial charge in [-0.1, -0.05) is 78.9 Å². The standard InChI is InChI=1S/C25H22N2O2.C25H24N2/c28-25(29)23-15-10-20(9-8-19-6-2-1-3-7-19)18-24(23)26-21-11-13-22(14-12-21)27-16-4-5-17-27;1-20-9-10-22(12-11-21-7-3-2-4-8-21)19-25(20)26-23-13-15-24(16-14-23)27-17-5-6-18-27/h1-7,10-18,26H,8-9H2,(H,28,29);2-10,13-19,26H,11-12H2,1H3. The Balaban J connectivity index is 0.000000172. The van der Waals surface area contributed by atoms with Crippen LogP contribution in [-0.4, -0.2) is 20.2 Å². The van der Waals surface area contributed by atoms with Crippen molar-refractivity contribution in [3.63, 3.8) is 0 Å². The summed E-state index contributed by atoms with van der Waals surface area (Å²) in [7, 11) is 0. The first-order chi connectivity index (χ1) is 27.5. The molecule has 0 fully saturated rings. The van der Waals surface area contributed by atoms with Crippen molar-refractivity contribution in [3.8, 4) is 11.4 Å². The van der Waals surface area contributed by atoms with Gasteiger partial charge in [0.25, 0.3) is 0 Å². The van der Waals surface area contributed by atoms with Gasteiger partial charge in [0, 0.05) is 53.2 Å². The number of carbonyl (C=O) groups is 1. The number of aryl methyl sites for hydroxylation is 5. The molecule has 0 bridgehead atoms. The zero-order valence-corrected chi connectivity index (χ0v) is 31.6. The summed E-state index contributed by atoms with van der Waals surface area (Å²) in [6.45, 7) is 2.15. The number of anilines is 4. The topological polar surface area (TPSA) is 71.2 Å². The number of rotatable bonds is 13. The van der Waals surface area contributed by atoms with Crippen LogP contribution in [0, 0.1) is 6.92 Å². The molecule has 6 nitrogen and oxygen atoms in total. The molecule has 0 radical (unpaired) electrons. The van der Waals surface area contributed by atoms with Gasteiger partial charge in [-0.3, -0.25) is 0 Å². The van der Waals surface area contributed by atoms with Gasteiger partial charge in [0.1, 0.15) is 0 Å². The molecule has 8 aromatic rings. The fraction of sp³-hybridized carbons (Fsp3) is 0.100. The number of carboxylic acids is 1. The van der Waals surface area contributed by atoms with Crippen LogP contribution in [0.2, 0.25) is 0 Å². The number of aromatic carboxylic acids is 1. The summed E-state index contributed by atoms with van der Waals surface area (Å²) in [4.78, 5) is 11.7. The Morgan fingerprint density at radius 1 is 0.464 bits per heavy atom. The highest BCUT2D eigenvalue weighted by atomic mass is 16.4. The number of hydrogen-bond acceptors (Lipinski definition) is 3. The van der Waals surface area contributed by atoms with E-state index in [4.69, 9.17) is 0 Å². The maximum atomic E-state index is 11.7. The van der Waals surface area contributed by atoms with Crippen molar-refractivity contribution in [3.05, 3.63) is 228 Å². The van der Waals surface area contributed by atoms with Gasteiger partial charge < -0.3 is 24.9 Å². The molecule has 0 amide bonds. The average molecular weight is 735 g/mol. The molecule has 0 spiro atoms. The maximum Gasteiger partial charge on any atom is 0.337 e. The van der Waals surface area contributed by atoms with E-state index in [1.807, 2.05) is 95.8 Å². The molecule has 6 heteroatoms. The lowest BCUT2D eigenvalue weighted by Crippen LogP contribution is -2.04. The van der Waals surface area contributed by atoms with Gasteiger partial charge in [-0.25, -0.2) is 4.79 Å². The molecule has 3 N–H and O–H groups in total. The van der Waals surface area contributed by atoms with Gasteiger partial charge in [-0.15, -0.1) is 0 Å². The Morgan fingerprint density at radius 2 is 0.875 bits per heavy atom. The SMILES string of the molecule is Cc1ccc(CCc2ccccc2)cc1Nc1ccc(-n2cccc2)cc1.O=C(O)c1ccc(CCc2ccccc2)cc1Nc1ccc(-n2cccc2)cc1. The number of carboxylic acid groups (broad SMARTS) is 1. The van der Waals surface area contributed by atoms with E-state index in [-0.39, 0.29) is 5.56 Å². The van der Waals surface area contributed by atoms with Gasteiger partial charge >= 0.3 is 5.97 Å². The molecular weight excluding hydrogens is 689 g/mol. The number of hydrogen-bond donors (Lipinski definition) is 3. The van der Waals surface area contributed by atoms with E-state index >= 15 is 0 Å². The summed E-state index contributed by atoms with van der Waals surface area (Å²) in [5.41, 5.74) is 12.6. The predicted molar refractivity (Wildman–Crippen MR) is 230 cm³/mol. The average Bonchev–Trinajstić information content (AvgIpc) is 3.99. The van der Waals surface area contributed by atoms with Gasteiger partial charge in [-0.05, 0) is 151 Å².